The highest BCUT2D eigenvalue weighted by Gasteiger charge is 1.90. The number of benzene rings is 1. The van der Waals surface area contributed by atoms with E-state index in [0.717, 1.165) is 5.56 Å². The number of hydrogen-bond acceptors (Lipinski definition) is 2. The van der Waals surface area contributed by atoms with Gasteiger partial charge in [-0.25, -0.2) is 0 Å². The van der Waals surface area contributed by atoms with Gasteiger partial charge in [0.15, 0.2) is 0 Å². The van der Waals surface area contributed by atoms with Crippen LogP contribution in [0.2, 0.25) is 0 Å². The predicted octanol–water partition coefficient (Wildman–Crippen LogP) is 1.68. The maximum atomic E-state index is 8.97. The third-order valence-corrected chi connectivity index (χ3v) is 1.64. The van der Waals surface area contributed by atoms with Crippen LogP contribution in [0, 0.1) is 23.2 Å². The van der Waals surface area contributed by atoms with Crippen molar-refractivity contribution in [2.45, 2.75) is 19.4 Å². The van der Waals surface area contributed by atoms with Crippen molar-refractivity contribution < 1.29 is 5.11 Å². The Hall–Kier alpha value is -1.77. The molecule has 0 saturated carbocycles. The molecule has 0 aliphatic carbocycles. The molecule has 70 valence electrons. The Bertz CT molecular complexity index is 387. The lowest BCUT2D eigenvalue weighted by Gasteiger charge is -1.93. The molecular formula is C12H11NO. The van der Waals surface area contributed by atoms with Crippen LogP contribution < -0.4 is 0 Å². The standard InChI is InChI=1S/C12H11NO/c1-10(14)3-2-4-11-5-7-12(9-13)8-6-11/h5-8,10,14H,3H2,1H3. The van der Waals surface area contributed by atoms with Crippen LogP contribution in [0.1, 0.15) is 24.5 Å². The second kappa shape index (κ2) is 5.07. The van der Waals surface area contributed by atoms with Crippen LogP contribution in [0.3, 0.4) is 0 Å². The minimum atomic E-state index is -0.388. The lowest BCUT2D eigenvalue weighted by Crippen LogP contribution is -1.95. The van der Waals surface area contributed by atoms with Gasteiger partial charge in [0.1, 0.15) is 0 Å². The molecule has 0 aromatic heterocycles. The van der Waals surface area contributed by atoms with E-state index >= 15 is 0 Å². The van der Waals surface area contributed by atoms with E-state index in [-0.39, 0.29) is 6.10 Å². The molecule has 0 aliphatic heterocycles. The van der Waals surface area contributed by atoms with E-state index in [1.807, 2.05) is 6.07 Å². The Balaban J connectivity index is 2.68. The third kappa shape index (κ3) is 3.31. The van der Waals surface area contributed by atoms with Gasteiger partial charge >= 0.3 is 0 Å². The summed E-state index contributed by atoms with van der Waals surface area (Å²) in [7, 11) is 0. The summed E-state index contributed by atoms with van der Waals surface area (Å²) in [4.78, 5) is 0. The van der Waals surface area contributed by atoms with Gasteiger partial charge in [0.25, 0.3) is 0 Å². The van der Waals surface area contributed by atoms with Crippen LogP contribution in [-0.2, 0) is 0 Å². The third-order valence-electron chi connectivity index (χ3n) is 1.64. The maximum Gasteiger partial charge on any atom is 0.0991 e. The number of rotatable bonds is 1. The van der Waals surface area contributed by atoms with Crippen LogP contribution >= 0.6 is 0 Å². The fraction of sp³-hybridized carbons (Fsp3) is 0.250. The first-order valence-corrected chi connectivity index (χ1v) is 4.39. The molecule has 0 radical (unpaired) electrons. The highest BCUT2D eigenvalue weighted by Crippen LogP contribution is 2.01. The molecule has 0 fully saturated rings. The zero-order valence-electron chi connectivity index (χ0n) is 7.99. The molecule has 0 amide bonds. The van der Waals surface area contributed by atoms with Crippen molar-refractivity contribution in [3.8, 4) is 17.9 Å². The molecular weight excluding hydrogens is 174 g/mol. The second-order valence-electron chi connectivity index (χ2n) is 3.04. The molecule has 1 atom stereocenters. The van der Waals surface area contributed by atoms with Crippen molar-refractivity contribution >= 4 is 0 Å². The van der Waals surface area contributed by atoms with E-state index in [0.29, 0.717) is 12.0 Å². The molecule has 0 spiro atoms. The minimum Gasteiger partial charge on any atom is -0.392 e. The van der Waals surface area contributed by atoms with Crippen LogP contribution in [-0.4, -0.2) is 11.2 Å². The van der Waals surface area contributed by atoms with Gasteiger partial charge in [-0.1, -0.05) is 11.8 Å². The molecule has 1 aromatic rings. The Morgan fingerprint density at radius 2 is 1.86 bits per heavy atom. The lowest BCUT2D eigenvalue weighted by atomic mass is 10.1. The average molecular weight is 185 g/mol. The molecule has 1 rings (SSSR count). The quantitative estimate of drug-likeness (QED) is 0.676. The normalized spacial score (nSPS) is 10.9. The molecule has 1 aromatic carbocycles. The first kappa shape index (κ1) is 10.3. The summed E-state index contributed by atoms with van der Waals surface area (Å²) in [5.74, 6) is 5.76. The van der Waals surface area contributed by atoms with Gasteiger partial charge in [0, 0.05) is 12.0 Å². The predicted molar refractivity (Wildman–Crippen MR) is 54.3 cm³/mol. The van der Waals surface area contributed by atoms with E-state index in [4.69, 9.17) is 10.4 Å². The molecule has 2 nitrogen and oxygen atoms in total. The number of nitriles is 1. The number of aliphatic hydroxyl groups excluding tert-OH is 1. The average Bonchev–Trinajstić information content (AvgIpc) is 2.18. The van der Waals surface area contributed by atoms with Gasteiger partial charge < -0.3 is 5.11 Å². The largest absolute Gasteiger partial charge is 0.392 e. The van der Waals surface area contributed by atoms with Crippen molar-refractivity contribution in [1.29, 1.82) is 5.26 Å². The molecule has 0 bridgehead atoms. The fourth-order valence-electron chi connectivity index (χ4n) is 0.929. The molecule has 14 heavy (non-hydrogen) atoms. The molecule has 2 heteroatoms. The van der Waals surface area contributed by atoms with Gasteiger partial charge in [-0.05, 0) is 31.2 Å². The van der Waals surface area contributed by atoms with Gasteiger partial charge in [0.05, 0.1) is 17.7 Å². The van der Waals surface area contributed by atoms with Crippen molar-refractivity contribution in [1.82, 2.24) is 0 Å². The van der Waals surface area contributed by atoms with Crippen molar-refractivity contribution in [3.05, 3.63) is 35.4 Å². The second-order valence-corrected chi connectivity index (χ2v) is 3.04. The van der Waals surface area contributed by atoms with Crippen LogP contribution in [0.4, 0.5) is 0 Å². The molecule has 0 saturated heterocycles. The lowest BCUT2D eigenvalue weighted by molar-refractivity contribution is 0.201. The van der Waals surface area contributed by atoms with Crippen molar-refractivity contribution in [2.24, 2.45) is 0 Å². The van der Waals surface area contributed by atoms with Crippen LogP contribution in [0.5, 0.6) is 0 Å². The highest BCUT2D eigenvalue weighted by atomic mass is 16.3. The summed E-state index contributed by atoms with van der Waals surface area (Å²) < 4.78 is 0. The van der Waals surface area contributed by atoms with E-state index in [9.17, 15) is 0 Å². The Kier molecular flexibility index (Phi) is 3.73. The minimum absolute atomic E-state index is 0.388. The summed E-state index contributed by atoms with van der Waals surface area (Å²) >= 11 is 0. The van der Waals surface area contributed by atoms with Gasteiger partial charge in [-0.2, -0.15) is 5.26 Å². The smallest absolute Gasteiger partial charge is 0.0991 e. The van der Waals surface area contributed by atoms with Crippen LogP contribution in [0.25, 0.3) is 0 Å². The number of hydrogen-bond donors (Lipinski definition) is 1. The molecule has 0 heterocycles. The first-order chi connectivity index (χ1) is 6.72. The summed E-state index contributed by atoms with van der Waals surface area (Å²) in [6.07, 6.45) is 0.0842. The monoisotopic (exact) mass is 185 g/mol. The summed E-state index contributed by atoms with van der Waals surface area (Å²) in [6.45, 7) is 1.70. The maximum absolute atomic E-state index is 8.97. The van der Waals surface area contributed by atoms with E-state index in [1.54, 1.807) is 31.2 Å². The van der Waals surface area contributed by atoms with Crippen LogP contribution in [0.15, 0.2) is 24.3 Å². The molecule has 1 unspecified atom stereocenters. The summed E-state index contributed by atoms with van der Waals surface area (Å²) in [6, 6.07) is 9.10. The Morgan fingerprint density at radius 1 is 1.29 bits per heavy atom. The summed E-state index contributed by atoms with van der Waals surface area (Å²) in [5, 5.41) is 17.5. The number of nitrogens with zero attached hydrogens (tertiary/aromatic N) is 1. The topological polar surface area (TPSA) is 44.0 Å². The fourth-order valence-corrected chi connectivity index (χ4v) is 0.929. The molecule has 1 N–H and O–H groups in total. The van der Waals surface area contributed by atoms with Gasteiger partial charge in [-0.15, -0.1) is 0 Å². The zero-order chi connectivity index (χ0) is 10.4. The van der Waals surface area contributed by atoms with Crippen molar-refractivity contribution in [3.63, 3.8) is 0 Å². The Labute approximate surface area is 83.8 Å². The Morgan fingerprint density at radius 3 is 2.36 bits per heavy atom. The van der Waals surface area contributed by atoms with E-state index < -0.39 is 0 Å². The van der Waals surface area contributed by atoms with E-state index in [1.165, 1.54) is 0 Å². The SMILES string of the molecule is CC(O)CC#Cc1ccc(C#N)cc1. The molecule has 0 aliphatic rings. The first-order valence-electron chi connectivity index (χ1n) is 4.39. The van der Waals surface area contributed by atoms with Gasteiger partial charge in [-0.3, -0.25) is 0 Å². The van der Waals surface area contributed by atoms with Gasteiger partial charge in [0.2, 0.25) is 0 Å². The highest BCUT2D eigenvalue weighted by molar-refractivity contribution is 5.39. The summed E-state index contributed by atoms with van der Waals surface area (Å²) in [5.41, 5.74) is 1.50. The number of aliphatic hydroxyl groups is 1. The van der Waals surface area contributed by atoms with Crippen molar-refractivity contribution in [2.75, 3.05) is 0 Å². The van der Waals surface area contributed by atoms with E-state index in [2.05, 4.69) is 11.8 Å². The zero-order valence-corrected chi connectivity index (χ0v) is 7.99.